The Morgan fingerprint density at radius 3 is 2.40 bits per heavy atom. The molecule has 0 amide bonds. The first-order valence-electron chi connectivity index (χ1n) is 3.05. The molecule has 0 heterocycles. The molecule has 0 saturated heterocycles. The lowest BCUT2D eigenvalue weighted by Gasteiger charge is -1.99. The molecule has 0 N–H and O–H groups in total. The second kappa shape index (κ2) is 3.11. The highest BCUT2D eigenvalue weighted by atomic mass is 16.3. The molecular formula is C8H8NO. The van der Waals surface area contributed by atoms with Gasteiger partial charge in [0.05, 0.1) is 0 Å². The van der Waals surface area contributed by atoms with Crippen LogP contribution in [-0.2, 0) is 0 Å². The van der Waals surface area contributed by atoms with Gasteiger partial charge in [-0.3, -0.25) is 0 Å². The number of hydrogen-bond donors (Lipinski definition) is 0. The summed E-state index contributed by atoms with van der Waals surface area (Å²) in [5.41, 5.74) is 0.859. The van der Waals surface area contributed by atoms with Gasteiger partial charge in [-0.1, -0.05) is 35.5 Å². The van der Waals surface area contributed by atoms with E-state index in [1.165, 1.54) is 0 Å². The predicted octanol–water partition coefficient (Wildman–Crippen LogP) is 2.33. The second-order valence-corrected chi connectivity index (χ2v) is 2.03. The summed E-state index contributed by atoms with van der Waals surface area (Å²) in [6.45, 7) is 3.55. The molecule has 2 heteroatoms. The molecular weight excluding hydrogens is 126 g/mol. The van der Waals surface area contributed by atoms with Crippen LogP contribution in [0.3, 0.4) is 0 Å². The maximum absolute atomic E-state index is 9.99. The number of nitroso groups, excluding NO2 is 1. The minimum Gasteiger partial charge on any atom is -0.150 e. The molecule has 0 spiro atoms. The molecule has 1 aromatic rings. The predicted molar refractivity (Wildman–Crippen MR) is 40.3 cm³/mol. The van der Waals surface area contributed by atoms with Crippen LogP contribution in [0.25, 0.3) is 0 Å². The zero-order valence-electron chi connectivity index (χ0n) is 5.53. The van der Waals surface area contributed by atoms with E-state index in [-0.39, 0.29) is 0 Å². The largest absolute Gasteiger partial charge is 0.150 e. The Balaban J connectivity index is 2.84. The van der Waals surface area contributed by atoms with Gasteiger partial charge >= 0.3 is 0 Å². The Hall–Kier alpha value is -1.18. The van der Waals surface area contributed by atoms with Crippen LogP contribution >= 0.6 is 0 Å². The molecule has 0 fully saturated rings. The second-order valence-electron chi connectivity index (χ2n) is 2.03. The lowest BCUT2D eigenvalue weighted by atomic mass is 10.1. The highest BCUT2D eigenvalue weighted by Gasteiger charge is 2.01. The van der Waals surface area contributed by atoms with Crippen molar-refractivity contribution in [3.8, 4) is 0 Å². The fraction of sp³-hybridized carbons (Fsp3) is 0.125. The van der Waals surface area contributed by atoms with Crippen molar-refractivity contribution < 1.29 is 0 Å². The minimum absolute atomic E-state index is 0.471. The molecule has 0 aliphatic heterocycles. The third kappa shape index (κ3) is 1.41. The Morgan fingerprint density at radius 2 is 1.90 bits per heavy atom. The SMILES string of the molecule is [CH2]C(N=O)c1ccccc1. The molecule has 0 aliphatic carbocycles. The number of rotatable bonds is 2. The minimum atomic E-state index is -0.471. The molecule has 0 aliphatic rings. The molecule has 1 rings (SSSR count). The van der Waals surface area contributed by atoms with E-state index in [9.17, 15) is 4.91 Å². The standard InChI is InChI=1S/C8H8NO/c1-7(9-10)8-5-3-2-4-6-8/h2-7H,1H2. The quantitative estimate of drug-likeness (QED) is 0.571. The van der Waals surface area contributed by atoms with Crippen molar-refractivity contribution in [2.24, 2.45) is 5.18 Å². The molecule has 1 aromatic carbocycles. The van der Waals surface area contributed by atoms with Gasteiger partial charge in [-0.15, -0.1) is 0 Å². The van der Waals surface area contributed by atoms with Crippen LogP contribution < -0.4 is 0 Å². The Kier molecular flexibility index (Phi) is 2.15. The summed E-state index contributed by atoms with van der Waals surface area (Å²) in [5, 5.41) is 2.80. The molecule has 1 unspecified atom stereocenters. The van der Waals surface area contributed by atoms with E-state index in [4.69, 9.17) is 0 Å². The van der Waals surface area contributed by atoms with Crippen LogP contribution in [0.1, 0.15) is 11.6 Å². The van der Waals surface area contributed by atoms with Gasteiger partial charge in [-0.05, 0) is 12.5 Å². The molecule has 1 radical (unpaired) electrons. The van der Waals surface area contributed by atoms with Crippen LogP contribution in [-0.4, -0.2) is 0 Å². The van der Waals surface area contributed by atoms with E-state index >= 15 is 0 Å². The summed E-state index contributed by atoms with van der Waals surface area (Å²) in [4.78, 5) is 9.99. The molecule has 1 atom stereocenters. The van der Waals surface area contributed by atoms with Crippen LogP contribution in [0, 0.1) is 11.8 Å². The molecule has 0 saturated carbocycles. The summed E-state index contributed by atoms with van der Waals surface area (Å²) >= 11 is 0. The van der Waals surface area contributed by atoms with Crippen molar-refractivity contribution in [2.75, 3.05) is 0 Å². The first-order valence-corrected chi connectivity index (χ1v) is 3.05. The maximum atomic E-state index is 9.99. The van der Waals surface area contributed by atoms with E-state index in [1.807, 2.05) is 30.3 Å². The lowest BCUT2D eigenvalue weighted by Crippen LogP contribution is -1.86. The van der Waals surface area contributed by atoms with E-state index in [0.29, 0.717) is 0 Å². The van der Waals surface area contributed by atoms with Crippen LogP contribution in [0.4, 0.5) is 0 Å². The van der Waals surface area contributed by atoms with E-state index in [2.05, 4.69) is 12.1 Å². The average molecular weight is 134 g/mol. The normalized spacial score (nSPS) is 12.5. The summed E-state index contributed by atoms with van der Waals surface area (Å²) in [6.07, 6.45) is 0. The van der Waals surface area contributed by atoms with Crippen LogP contribution in [0.2, 0.25) is 0 Å². The highest BCUT2D eigenvalue weighted by Crippen LogP contribution is 2.13. The molecule has 0 aromatic heterocycles. The van der Waals surface area contributed by atoms with Crippen molar-refractivity contribution >= 4 is 0 Å². The number of benzene rings is 1. The van der Waals surface area contributed by atoms with E-state index in [0.717, 1.165) is 5.56 Å². The van der Waals surface area contributed by atoms with Crippen molar-refractivity contribution in [3.63, 3.8) is 0 Å². The molecule has 2 nitrogen and oxygen atoms in total. The fourth-order valence-electron chi connectivity index (χ4n) is 0.736. The average Bonchev–Trinajstić information content (AvgIpc) is 2.05. The van der Waals surface area contributed by atoms with Gasteiger partial charge < -0.3 is 0 Å². The van der Waals surface area contributed by atoms with Gasteiger partial charge in [0.15, 0.2) is 0 Å². The zero-order valence-corrected chi connectivity index (χ0v) is 5.53. The van der Waals surface area contributed by atoms with Crippen molar-refractivity contribution in [1.82, 2.24) is 0 Å². The third-order valence-corrected chi connectivity index (χ3v) is 1.31. The first-order chi connectivity index (χ1) is 4.84. The monoisotopic (exact) mass is 134 g/mol. The van der Waals surface area contributed by atoms with Gasteiger partial charge in [-0.25, -0.2) is 0 Å². The maximum Gasteiger partial charge on any atom is 0.117 e. The summed E-state index contributed by atoms with van der Waals surface area (Å²) in [7, 11) is 0. The van der Waals surface area contributed by atoms with Crippen LogP contribution in [0.15, 0.2) is 35.5 Å². The zero-order chi connectivity index (χ0) is 7.40. The summed E-state index contributed by atoms with van der Waals surface area (Å²) in [6, 6.07) is 8.80. The first kappa shape index (κ1) is 6.93. The van der Waals surface area contributed by atoms with Gasteiger partial charge in [0.25, 0.3) is 0 Å². The van der Waals surface area contributed by atoms with Crippen molar-refractivity contribution in [2.45, 2.75) is 6.04 Å². The van der Waals surface area contributed by atoms with Gasteiger partial charge in [0.2, 0.25) is 0 Å². The molecule has 0 bridgehead atoms. The van der Waals surface area contributed by atoms with Gasteiger partial charge in [0.1, 0.15) is 6.04 Å². The number of nitrogens with zero attached hydrogens (tertiary/aromatic N) is 1. The van der Waals surface area contributed by atoms with Crippen LogP contribution in [0.5, 0.6) is 0 Å². The number of hydrogen-bond acceptors (Lipinski definition) is 2. The third-order valence-electron chi connectivity index (χ3n) is 1.31. The van der Waals surface area contributed by atoms with Gasteiger partial charge in [-0.2, -0.15) is 4.91 Å². The molecule has 10 heavy (non-hydrogen) atoms. The topological polar surface area (TPSA) is 29.4 Å². The summed E-state index contributed by atoms with van der Waals surface area (Å²) in [5.74, 6) is 0. The highest BCUT2D eigenvalue weighted by molar-refractivity contribution is 5.19. The van der Waals surface area contributed by atoms with E-state index in [1.54, 1.807) is 0 Å². The van der Waals surface area contributed by atoms with E-state index < -0.39 is 6.04 Å². The lowest BCUT2D eigenvalue weighted by molar-refractivity contribution is 0.898. The fourth-order valence-corrected chi connectivity index (χ4v) is 0.736. The Labute approximate surface area is 59.9 Å². The summed E-state index contributed by atoms with van der Waals surface area (Å²) < 4.78 is 0. The van der Waals surface area contributed by atoms with Gasteiger partial charge in [0, 0.05) is 0 Å². The molecule has 51 valence electrons. The Morgan fingerprint density at radius 1 is 1.30 bits per heavy atom. The van der Waals surface area contributed by atoms with Crippen molar-refractivity contribution in [3.05, 3.63) is 47.7 Å². The smallest absolute Gasteiger partial charge is 0.117 e. The Bertz CT molecular complexity index is 208. The van der Waals surface area contributed by atoms with Crippen molar-refractivity contribution in [1.29, 1.82) is 0 Å².